The van der Waals surface area contributed by atoms with Gasteiger partial charge in [0.25, 0.3) is 6.43 Å². The first kappa shape index (κ1) is 21.5. The molecule has 30 heavy (non-hydrogen) atoms. The number of sulfonamides is 1. The highest BCUT2D eigenvalue weighted by molar-refractivity contribution is 7.89. The third kappa shape index (κ3) is 5.22. The van der Waals surface area contributed by atoms with Gasteiger partial charge >= 0.3 is 0 Å². The van der Waals surface area contributed by atoms with Gasteiger partial charge in [-0.25, -0.2) is 26.7 Å². The van der Waals surface area contributed by atoms with Crippen molar-refractivity contribution in [3.8, 4) is 11.1 Å². The Morgan fingerprint density at radius 1 is 1.07 bits per heavy atom. The highest BCUT2D eigenvalue weighted by atomic mass is 32.2. The number of aromatic nitrogens is 1. The zero-order valence-electron chi connectivity index (χ0n) is 15.3. The molecule has 0 aliphatic carbocycles. The summed E-state index contributed by atoms with van der Waals surface area (Å²) in [6.07, 6.45) is -0.447. The highest BCUT2D eigenvalue weighted by Gasteiger charge is 2.18. The molecule has 0 radical (unpaired) electrons. The van der Waals surface area contributed by atoms with Crippen molar-refractivity contribution in [2.24, 2.45) is 5.14 Å². The van der Waals surface area contributed by atoms with Gasteiger partial charge in [0, 0.05) is 28.6 Å². The Kier molecular flexibility index (Phi) is 6.18. The summed E-state index contributed by atoms with van der Waals surface area (Å²) in [5.41, 5.74) is 0.841. The molecule has 1 aromatic heterocycles. The SMILES string of the molecule is NS(=O)(=O)c1cc(NC(=O)Cc2ccc(C(F)F)cc2)ccc1-c1cncc(F)c1. The number of pyridine rings is 1. The molecule has 3 N–H and O–H groups in total. The lowest BCUT2D eigenvalue weighted by Gasteiger charge is -2.12. The van der Waals surface area contributed by atoms with Crippen LogP contribution in [0.1, 0.15) is 17.6 Å². The van der Waals surface area contributed by atoms with Crippen molar-refractivity contribution in [3.63, 3.8) is 0 Å². The number of halogens is 3. The Labute approximate surface area is 170 Å². The lowest BCUT2D eigenvalue weighted by Crippen LogP contribution is -2.17. The van der Waals surface area contributed by atoms with E-state index in [0.717, 1.165) is 18.3 Å². The molecule has 0 unspecified atom stereocenters. The normalized spacial score (nSPS) is 11.5. The lowest BCUT2D eigenvalue weighted by molar-refractivity contribution is -0.115. The Hall–Kier alpha value is -3.24. The summed E-state index contributed by atoms with van der Waals surface area (Å²) in [4.78, 5) is 15.6. The third-order valence-electron chi connectivity index (χ3n) is 4.18. The van der Waals surface area contributed by atoms with Gasteiger partial charge in [-0.2, -0.15) is 0 Å². The zero-order valence-corrected chi connectivity index (χ0v) is 16.2. The summed E-state index contributed by atoms with van der Waals surface area (Å²) in [6, 6.07) is 10.4. The average molecular weight is 435 g/mol. The molecule has 0 saturated heterocycles. The second-order valence-corrected chi connectivity index (χ2v) is 7.94. The number of carbonyl (C=O) groups excluding carboxylic acids is 1. The predicted octanol–water partition coefficient (Wildman–Crippen LogP) is 3.65. The number of alkyl halides is 2. The molecule has 1 heterocycles. The van der Waals surface area contributed by atoms with Crippen molar-refractivity contribution < 1.29 is 26.4 Å². The quantitative estimate of drug-likeness (QED) is 0.617. The molecule has 2 aromatic carbocycles. The topological polar surface area (TPSA) is 102 Å². The van der Waals surface area contributed by atoms with Crippen LogP contribution in [0.5, 0.6) is 0 Å². The van der Waals surface area contributed by atoms with Gasteiger partial charge in [-0.15, -0.1) is 0 Å². The smallest absolute Gasteiger partial charge is 0.263 e. The first-order valence-corrected chi connectivity index (χ1v) is 10.1. The minimum Gasteiger partial charge on any atom is -0.326 e. The molecule has 1 amide bonds. The van der Waals surface area contributed by atoms with Crippen molar-refractivity contribution in [1.29, 1.82) is 0 Å². The summed E-state index contributed by atoms with van der Waals surface area (Å²) in [6.45, 7) is 0. The van der Waals surface area contributed by atoms with Crippen molar-refractivity contribution in [1.82, 2.24) is 4.98 Å². The van der Waals surface area contributed by atoms with E-state index in [1.165, 1.54) is 42.6 Å². The lowest BCUT2D eigenvalue weighted by atomic mass is 10.1. The first-order chi connectivity index (χ1) is 14.1. The number of nitrogens with one attached hydrogen (secondary N) is 1. The third-order valence-corrected chi connectivity index (χ3v) is 5.13. The maximum absolute atomic E-state index is 13.5. The molecular weight excluding hydrogens is 419 g/mol. The molecule has 3 aromatic rings. The van der Waals surface area contributed by atoms with Gasteiger partial charge in [-0.3, -0.25) is 9.78 Å². The number of amides is 1. The minimum atomic E-state index is -4.20. The molecule has 6 nitrogen and oxygen atoms in total. The maximum atomic E-state index is 13.5. The van der Waals surface area contributed by atoms with Gasteiger partial charge in [0.05, 0.1) is 17.5 Å². The average Bonchev–Trinajstić information content (AvgIpc) is 2.67. The van der Waals surface area contributed by atoms with E-state index in [4.69, 9.17) is 5.14 Å². The Bertz CT molecular complexity index is 1180. The van der Waals surface area contributed by atoms with Crippen LogP contribution < -0.4 is 10.5 Å². The summed E-state index contributed by atoms with van der Waals surface area (Å²) in [7, 11) is -4.20. The van der Waals surface area contributed by atoms with Crippen LogP contribution in [0.4, 0.5) is 18.9 Å². The van der Waals surface area contributed by atoms with E-state index >= 15 is 0 Å². The fraction of sp³-hybridized carbons (Fsp3) is 0.100. The Morgan fingerprint density at radius 3 is 2.37 bits per heavy atom. The van der Waals surface area contributed by atoms with Gasteiger partial charge in [0.1, 0.15) is 5.82 Å². The van der Waals surface area contributed by atoms with Gasteiger partial charge in [-0.1, -0.05) is 30.3 Å². The van der Waals surface area contributed by atoms with Gasteiger partial charge < -0.3 is 5.32 Å². The largest absolute Gasteiger partial charge is 0.326 e. The number of anilines is 1. The maximum Gasteiger partial charge on any atom is 0.263 e. The minimum absolute atomic E-state index is 0.107. The summed E-state index contributed by atoms with van der Waals surface area (Å²) in [5.74, 6) is -1.14. The van der Waals surface area contributed by atoms with Crippen molar-refractivity contribution in [2.75, 3.05) is 5.32 Å². The predicted molar refractivity (Wildman–Crippen MR) is 105 cm³/mol. The van der Waals surface area contributed by atoms with E-state index in [0.29, 0.717) is 5.56 Å². The first-order valence-electron chi connectivity index (χ1n) is 8.58. The molecule has 0 spiro atoms. The Balaban J connectivity index is 1.83. The number of nitrogens with two attached hydrogens (primary N) is 1. The fourth-order valence-electron chi connectivity index (χ4n) is 2.80. The van der Waals surface area contributed by atoms with E-state index in [1.54, 1.807) is 0 Å². The molecular formula is C20H16F3N3O3S. The summed E-state index contributed by atoms with van der Waals surface area (Å²) in [5, 5.41) is 7.81. The standard InChI is InChI=1S/C20H16F3N3O3S/c21-15-8-14(10-25-11-15)17-6-5-16(9-18(17)30(24,28)29)26-19(27)7-12-1-3-13(4-2-12)20(22)23/h1-6,8-11,20H,7H2,(H,26,27)(H2,24,28,29). The molecule has 0 aliphatic heterocycles. The molecule has 3 rings (SSSR count). The van der Waals surface area contributed by atoms with E-state index < -0.39 is 28.2 Å². The van der Waals surface area contributed by atoms with Gasteiger partial charge in [-0.05, 0) is 23.8 Å². The molecule has 0 atom stereocenters. The molecule has 0 bridgehead atoms. The van der Waals surface area contributed by atoms with Crippen molar-refractivity contribution in [3.05, 3.63) is 77.9 Å². The van der Waals surface area contributed by atoms with Crippen LogP contribution in [-0.2, 0) is 21.2 Å². The molecule has 0 fully saturated rings. The second-order valence-electron chi connectivity index (χ2n) is 6.42. The number of nitrogens with zero attached hydrogens (tertiary/aromatic N) is 1. The number of rotatable bonds is 6. The molecule has 0 aliphatic rings. The monoisotopic (exact) mass is 435 g/mol. The number of hydrogen-bond donors (Lipinski definition) is 2. The molecule has 0 saturated carbocycles. The number of hydrogen-bond acceptors (Lipinski definition) is 4. The van der Waals surface area contributed by atoms with Gasteiger partial charge in [0.15, 0.2) is 0 Å². The van der Waals surface area contributed by atoms with Crippen LogP contribution in [0.2, 0.25) is 0 Å². The number of primary sulfonamides is 1. The molecule has 156 valence electrons. The van der Waals surface area contributed by atoms with Crippen LogP contribution in [0.3, 0.4) is 0 Å². The van der Waals surface area contributed by atoms with Crippen LogP contribution >= 0.6 is 0 Å². The summed E-state index contributed by atoms with van der Waals surface area (Å²) >= 11 is 0. The van der Waals surface area contributed by atoms with E-state index in [2.05, 4.69) is 10.3 Å². The van der Waals surface area contributed by atoms with Gasteiger partial charge in [0.2, 0.25) is 15.9 Å². The Morgan fingerprint density at radius 2 is 1.77 bits per heavy atom. The van der Waals surface area contributed by atoms with Crippen molar-refractivity contribution >= 4 is 21.6 Å². The number of benzene rings is 2. The van der Waals surface area contributed by atoms with Crippen LogP contribution in [0.25, 0.3) is 11.1 Å². The second kappa shape index (κ2) is 8.64. The van der Waals surface area contributed by atoms with Crippen molar-refractivity contribution in [2.45, 2.75) is 17.7 Å². The zero-order chi connectivity index (χ0) is 21.9. The summed E-state index contributed by atoms with van der Waals surface area (Å²) < 4.78 is 62.7. The van der Waals surface area contributed by atoms with Crippen LogP contribution in [0.15, 0.2) is 65.8 Å². The molecule has 10 heteroatoms. The highest BCUT2D eigenvalue weighted by Crippen LogP contribution is 2.29. The van der Waals surface area contributed by atoms with E-state index in [-0.39, 0.29) is 33.7 Å². The van der Waals surface area contributed by atoms with Crippen LogP contribution in [-0.4, -0.2) is 19.3 Å². The van der Waals surface area contributed by atoms with Crippen LogP contribution in [0, 0.1) is 5.82 Å². The van der Waals surface area contributed by atoms with E-state index in [9.17, 15) is 26.4 Å². The number of carbonyl (C=O) groups is 1. The fourth-order valence-corrected chi connectivity index (χ4v) is 3.59. The van der Waals surface area contributed by atoms with E-state index in [1.807, 2.05) is 0 Å².